The Morgan fingerprint density at radius 3 is 2.42 bits per heavy atom. The summed E-state index contributed by atoms with van der Waals surface area (Å²) in [7, 11) is 0. The van der Waals surface area contributed by atoms with E-state index in [0.717, 1.165) is 12.0 Å². The summed E-state index contributed by atoms with van der Waals surface area (Å²) in [5.74, 6) is -0.320. The second kappa shape index (κ2) is 7.04. The Bertz CT molecular complexity index is 411. The molecule has 0 bridgehead atoms. The average molecular weight is 330 g/mol. The fourth-order valence-electron chi connectivity index (χ4n) is 1.81. The maximum Gasteiger partial charge on any atom is 0.224 e. The SMILES string of the molecule is CC(C)(C)CC(Br)CNC(=O)Cc1ccc(F)cc1. The van der Waals surface area contributed by atoms with E-state index >= 15 is 0 Å². The van der Waals surface area contributed by atoms with Crippen molar-refractivity contribution in [2.45, 2.75) is 38.4 Å². The molecule has 0 aliphatic rings. The average Bonchev–Trinajstić information content (AvgIpc) is 2.27. The molecule has 1 amide bonds. The summed E-state index contributed by atoms with van der Waals surface area (Å²) in [4.78, 5) is 12.0. The van der Waals surface area contributed by atoms with E-state index in [-0.39, 0.29) is 28.4 Å². The fourth-order valence-corrected chi connectivity index (χ4v) is 2.94. The van der Waals surface area contributed by atoms with Crippen LogP contribution in [0.5, 0.6) is 0 Å². The standard InChI is InChI=1S/C15H21BrFNO/c1-15(2,3)9-12(16)10-18-14(19)8-11-4-6-13(17)7-5-11/h4-7,12H,8-10H2,1-3H3,(H,18,19). The normalized spacial score (nSPS) is 13.1. The van der Waals surface area contributed by atoms with Gasteiger partial charge in [0.2, 0.25) is 5.91 Å². The molecular weight excluding hydrogens is 309 g/mol. The molecule has 1 aromatic rings. The summed E-state index contributed by atoms with van der Waals surface area (Å²) >= 11 is 3.57. The van der Waals surface area contributed by atoms with Crippen molar-refractivity contribution in [3.05, 3.63) is 35.6 Å². The van der Waals surface area contributed by atoms with Gasteiger partial charge in [0.15, 0.2) is 0 Å². The van der Waals surface area contributed by atoms with Gasteiger partial charge in [0, 0.05) is 11.4 Å². The van der Waals surface area contributed by atoms with Gasteiger partial charge in [0.05, 0.1) is 6.42 Å². The molecule has 1 aromatic carbocycles. The van der Waals surface area contributed by atoms with Crippen molar-refractivity contribution < 1.29 is 9.18 Å². The number of alkyl halides is 1. The predicted octanol–water partition coefficient (Wildman–Crippen LogP) is 3.68. The van der Waals surface area contributed by atoms with Crippen molar-refractivity contribution in [3.63, 3.8) is 0 Å². The van der Waals surface area contributed by atoms with Crippen molar-refractivity contribution in [2.75, 3.05) is 6.54 Å². The van der Waals surface area contributed by atoms with Crippen LogP contribution >= 0.6 is 15.9 Å². The topological polar surface area (TPSA) is 29.1 Å². The Labute approximate surface area is 122 Å². The molecule has 0 aliphatic carbocycles. The van der Waals surface area contributed by atoms with Gasteiger partial charge in [-0.25, -0.2) is 4.39 Å². The van der Waals surface area contributed by atoms with Crippen LogP contribution in [0.15, 0.2) is 24.3 Å². The van der Waals surface area contributed by atoms with Crippen molar-refractivity contribution >= 4 is 21.8 Å². The Morgan fingerprint density at radius 2 is 1.89 bits per heavy atom. The number of amides is 1. The van der Waals surface area contributed by atoms with Gasteiger partial charge in [-0.2, -0.15) is 0 Å². The predicted molar refractivity (Wildman–Crippen MR) is 79.9 cm³/mol. The molecule has 0 aromatic heterocycles. The Morgan fingerprint density at radius 1 is 1.32 bits per heavy atom. The largest absolute Gasteiger partial charge is 0.355 e. The van der Waals surface area contributed by atoms with Crippen LogP contribution in [-0.4, -0.2) is 17.3 Å². The molecule has 2 nitrogen and oxygen atoms in total. The summed E-state index contributed by atoms with van der Waals surface area (Å²) < 4.78 is 12.7. The van der Waals surface area contributed by atoms with Crippen molar-refractivity contribution in [2.24, 2.45) is 5.41 Å². The van der Waals surface area contributed by atoms with E-state index in [1.54, 1.807) is 12.1 Å². The lowest BCUT2D eigenvalue weighted by Gasteiger charge is -2.22. The number of hydrogen-bond acceptors (Lipinski definition) is 1. The molecular formula is C15H21BrFNO. The van der Waals surface area contributed by atoms with E-state index in [1.165, 1.54) is 12.1 Å². The first-order chi connectivity index (χ1) is 8.76. The molecule has 1 N–H and O–H groups in total. The summed E-state index contributed by atoms with van der Waals surface area (Å²) in [6.07, 6.45) is 1.28. The van der Waals surface area contributed by atoms with Gasteiger partial charge < -0.3 is 5.32 Å². The van der Waals surface area contributed by atoms with Gasteiger partial charge in [-0.3, -0.25) is 4.79 Å². The molecule has 0 fully saturated rings. The highest BCUT2D eigenvalue weighted by molar-refractivity contribution is 9.09. The first-order valence-electron chi connectivity index (χ1n) is 6.41. The van der Waals surface area contributed by atoms with Gasteiger partial charge in [-0.1, -0.05) is 48.8 Å². The van der Waals surface area contributed by atoms with E-state index in [2.05, 4.69) is 42.0 Å². The smallest absolute Gasteiger partial charge is 0.224 e. The minimum absolute atomic E-state index is 0.0371. The van der Waals surface area contributed by atoms with Crippen molar-refractivity contribution in [1.29, 1.82) is 0 Å². The molecule has 0 saturated carbocycles. The maximum atomic E-state index is 12.7. The number of rotatable bonds is 5. The van der Waals surface area contributed by atoms with Crippen molar-refractivity contribution in [3.8, 4) is 0 Å². The second-order valence-corrected chi connectivity index (χ2v) is 7.26. The Hall–Kier alpha value is -0.900. The number of carbonyl (C=O) groups excluding carboxylic acids is 1. The monoisotopic (exact) mass is 329 g/mol. The third-order valence-electron chi connectivity index (χ3n) is 2.63. The number of halogens is 2. The van der Waals surface area contributed by atoms with Crippen LogP contribution in [0.25, 0.3) is 0 Å². The molecule has 0 heterocycles. The zero-order chi connectivity index (χ0) is 14.5. The first-order valence-corrected chi connectivity index (χ1v) is 7.33. The maximum absolute atomic E-state index is 12.7. The summed E-state index contributed by atoms with van der Waals surface area (Å²) in [6, 6.07) is 6.01. The highest BCUT2D eigenvalue weighted by atomic mass is 79.9. The van der Waals surface area contributed by atoms with Gasteiger partial charge in [-0.05, 0) is 29.5 Å². The Kier molecular flexibility index (Phi) is 5.98. The highest BCUT2D eigenvalue weighted by Crippen LogP contribution is 2.24. The lowest BCUT2D eigenvalue weighted by atomic mass is 9.90. The number of carbonyl (C=O) groups is 1. The van der Waals surface area contributed by atoms with Gasteiger partial charge >= 0.3 is 0 Å². The second-order valence-electron chi connectivity index (χ2n) is 5.97. The van der Waals surface area contributed by atoms with E-state index < -0.39 is 0 Å². The zero-order valence-corrected chi connectivity index (χ0v) is 13.3. The van der Waals surface area contributed by atoms with Gasteiger partial charge in [0.25, 0.3) is 0 Å². The minimum Gasteiger partial charge on any atom is -0.355 e. The third-order valence-corrected chi connectivity index (χ3v) is 3.28. The Balaban J connectivity index is 2.34. The lowest BCUT2D eigenvalue weighted by Crippen LogP contribution is -2.32. The number of hydrogen-bond donors (Lipinski definition) is 1. The van der Waals surface area contributed by atoms with E-state index in [0.29, 0.717) is 6.54 Å². The van der Waals surface area contributed by atoms with Crippen LogP contribution in [0, 0.1) is 11.2 Å². The molecule has 0 spiro atoms. The quantitative estimate of drug-likeness (QED) is 0.820. The van der Waals surface area contributed by atoms with Crippen LogP contribution < -0.4 is 5.32 Å². The first kappa shape index (κ1) is 16.2. The molecule has 0 aliphatic heterocycles. The van der Waals surface area contributed by atoms with Gasteiger partial charge in [-0.15, -0.1) is 0 Å². The molecule has 19 heavy (non-hydrogen) atoms. The highest BCUT2D eigenvalue weighted by Gasteiger charge is 2.17. The van der Waals surface area contributed by atoms with Crippen LogP contribution in [0.1, 0.15) is 32.8 Å². The minimum atomic E-state index is -0.283. The molecule has 4 heteroatoms. The molecule has 0 radical (unpaired) electrons. The summed E-state index contributed by atoms with van der Waals surface area (Å²) in [6.45, 7) is 7.11. The number of benzene rings is 1. The van der Waals surface area contributed by atoms with Crippen LogP contribution in [-0.2, 0) is 11.2 Å². The summed E-state index contributed by atoms with van der Waals surface area (Å²) in [5.41, 5.74) is 1.05. The van der Waals surface area contributed by atoms with Gasteiger partial charge in [0.1, 0.15) is 5.82 Å². The van der Waals surface area contributed by atoms with Crippen LogP contribution in [0.4, 0.5) is 4.39 Å². The fraction of sp³-hybridized carbons (Fsp3) is 0.533. The molecule has 1 atom stereocenters. The van der Waals surface area contributed by atoms with E-state index in [9.17, 15) is 9.18 Å². The molecule has 1 rings (SSSR count). The number of nitrogens with one attached hydrogen (secondary N) is 1. The van der Waals surface area contributed by atoms with Crippen molar-refractivity contribution in [1.82, 2.24) is 5.32 Å². The zero-order valence-electron chi connectivity index (χ0n) is 11.7. The van der Waals surface area contributed by atoms with Crippen LogP contribution in [0.2, 0.25) is 0 Å². The molecule has 0 saturated heterocycles. The van der Waals surface area contributed by atoms with E-state index in [4.69, 9.17) is 0 Å². The third kappa shape index (κ3) is 7.31. The molecule has 106 valence electrons. The lowest BCUT2D eigenvalue weighted by molar-refractivity contribution is -0.120. The summed E-state index contributed by atoms with van der Waals surface area (Å²) in [5, 5.41) is 2.89. The molecule has 1 unspecified atom stereocenters. The van der Waals surface area contributed by atoms with Crippen LogP contribution in [0.3, 0.4) is 0 Å². The van der Waals surface area contributed by atoms with E-state index in [1.807, 2.05) is 0 Å².